The zero-order valence-corrected chi connectivity index (χ0v) is 12.5. The second kappa shape index (κ2) is 8.31. The molecule has 0 heterocycles. The van der Waals surface area contributed by atoms with Crippen LogP contribution in [-0.2, 0) is 12.8 Å². The molecule has 0 aliphatic carbocycles. The van der Waals surface area contributed by atoms with Crippen molar-refractivity contribution in [3.8, 4) is 0 Å². The molecule has 2 aromatic rings. The Morgan fingerprint density at radius 3 is 2.10 bits per heavy atom. The third-order valence-corrected chi connectivity index (χ3v) is 2.92. The molecular formula is C15H17Cl2N3. The van der Waals surface area contributed by atoms with E-state index in [1.54, 1.807) is 6.07 Å². The Balaban J connectivity index is 0.00000180. The Morgan fingerprint density at radius 2 is 1.55 bits per heavy atom. The Bertz CT molecular complexity index is 589. The van der Waals surface area contributed by atoms with E-state index in [9.17, 15) is 0 Å². The second-order valence-corrected chi connectivity index (χ2v) is 4.24. The van der Waals surface area contributed by atoms with Crippen molar-refractivity contribution in [1.29, 1.82) is 0 Å². The first kappa shape index (κ1) is 18.1. The van der Waals surface area contributed by atoms with Crippen molar-refractivity contribution in [3.63, 3.8) is 0 Å². The van der Waals surface area contributed by atoms with Crippen molar-refractivity contribution < 1.29 is 0 Å². The predicted octanol–water partition coefficient (Wildman–Crippen LogP) is 4.03. The molecule has 0 saturated carbocycles. The van der Waals surface area contributed by atoms with Crippen molar-refractivity contribution in [1.82, 2.24) is 0 Å². The quantitative estimate of drug-likeness (QED) is 0.664. The number of hydrogen-bond acceptors (Lipinski definition) is 2. The van der Waals surface area contributed by atoms with Gasteiger partial charge in [0.25, 0.3) is 0 Å². The maximum Gasteiger partial charge on any atom is 0.187 e. The van der Waals surface area contributed by atoms with Gasteiger partial charge in [-0.25, -0.2) is 4.85 Å². The number of aryl methyl sites for hydroxylation is 2. The van der Waals surface area contributed by atoms with Gasteiger partial charge in [-0.3, -0.25) is 0 Å². The summed E-state index contributed by atoms with van der Waals surface area (Å²) in [5.74, 6) is 0. The average Bonchev–Trinajstić information content (AvgIpc) is 2.38. The summed E-state index contributed by atoms with van der Waals surface area (Å²) in [6, 6.07) is 13.3. The van der Waals surface area contributed by atoms with E-state index < -0.39 is 0 Å². The molecule has 0 spiro atoms. The van der Waals surface area contributed by atoms with Gasteiger partial charge in [0.1, 0.15) is 0 Å². The summed E-state index contributed by atoms with van der Waals surface area (Å²) >= 11 is 0. The lowest BCUT2D eigenvalue weighted by atomic mass is 10.0. The first-order valence-electron chi connectivity index (χ1n) is 5.79. The molecule has 106 valence electrons. The lowest BCUT2D eigenvalue weighted by molar-refractivity contribution is 0.964. The fraction of sp³-hybridized carbons (Fsp3) is 0.133. The zero-order valence-electron chi connectivity index (χ0n) is 10.9. The average molecular weight is 310 g/mol. The number of anilines is 2. The molecule has 0 amide bonds. The van der Waals surface area contributed by atoms with Gasteiger partial charge in [0.05, 0.1) is 6.57 Å². The van der Waals surface area contributed by atoms with Crippen LogP contribution in [0, 0.1) is 6.57 Å². The topological polar surface area (TPSA) is 56.4 Å². The number of nitrogen functional groups attached to an aromatic ring is 2. The largest absolute Gasteiger partial charge is 0.399 e. The zero-order chi connectivity index (χ0) is 13.0. The molecule has 0 atom stereocenters. The molecule has 0 bridgehead atoms. The van der Waals surface area contributed by atoms with Gasteiger partial charge in [0.15, 0.2) is 5.69 Å². The van der Waals surface area contributed by atoms with Crippen molar-refractivity contribution in [2.45, 2.75) is 12.8 Å². The van der Waals surface area contributed by atoms with E-state index in [1.807, 2.05) is 36.4 Å². The van der Waals surface area contributed by atoms with Gasteiger partial charge in [-0.05, 0) is 30.5 Å². The van der Waals surface area contributed by atoms with Crippen LogP contribution in [0.3, 0.4) is 0 Å². The SMILES string of the molecule is Cl.Cl.[C-]#[N+]c1ccc(CCc2ccc(N)cc2N)cc1. The number of nitrogens with zero attached hydrogens (tertiary/aromatic N) is 1. The van der Waals surface area contributed by atoms with E-state index in [1.165, 1.54) is 5.56 Å². The van der Waals surface area contributed by atoms with Crippen molar-refractivity contribution in [2.24, 2.45) is 0 Å². The molecule has 0 unspecified atom stereocenters. The maximum atomic E-state index is 6.90. The monoisotopic (exact) mass is 309 g/mol. The highest BCUT2D eigenvalue weighted by atomic mass is 35.5. The highest BCUT2D eigenvalue weighted by Gasteiger charge is 2.01. The van der Waals surface area contributed by atoms with Crippen LogP contribution < -0.4 is 11.5 Å². The molecule has 0 radical (unpaired) electrons. The Labute approximate surface area is 131 Å². The Kier molecular flexibility index (Phi) is 7.53. The predicted molar refractivity (Wildman–Crippen MR) is 89.9 cm³/mol. The van der Waals surface area contributed by atoms with Crippen molar-refractivity contribution in [2.75, 3.05) is 11.5 Å². The van der Waals surface area contributed by atoms with E-state index in [-0.39, 0.29) is 24.8 Å². The first-order chi connectivity index (χ1) is 8.69. The van der Waals surface area contributed by atoms with Gasteiger partial charge in [0.2, 0.25) is 0 Å². The number of nitrogens with two attached hydrogens (primary N) is 2. The molecule has 0 aliphatic rings. The lowest BCUT2D eigenvalue weighted by Gasteiger charge is -2.06. The number of halogens is 2. The molecular weight excluding hydrogens is 293 g/mol. The van der Waals surface area contributed by atoms with Crippen LogP contribution in [-0.4, -0.2) is 0 Å². The van der Waals surface area contributed by atoms with Crippen LogP contribution in [0.4, 0.5) is 17.1 Å². The van der Waals surface area contributed by atoms with Crippen LogP contribution >= 0.6 is 24.8 Å². The first-order valence-corrected chi connectivity index (χ1v) is 5.79. The van der Waals surface area contributed by atoms with Crippen molar-refractivity contribution in [3.05, 3.63) is 65.0 Å². The molecule has 3 nitrogen and oxygen atoms in total. The van der Waals surface area contributed by atoms with Gasteiger partial charge in [-0.15, -0.1) is 24.8 Å². The van der Waals surface area contributed by atoms with Crippen LogP contribution in [0.1, 0.15) is 11.1 Å². The summed E-state index contributed by atoms with van der Waals surface area (Å²) in [6.07, 6.45) is 1.79. The lowest BCUT2D eigenvalue weighted by Crippen LogP contribution is -1.98. The summed E-state index contributed by atoms with van der Waals surface area (Å²) in [6.45, 7) is 6.90. The molecule has 0 fully saturated rings. The number of rotatable bonds is 3. The van der Waals surface area contributed by atoms with Crippen molar-refractivity contribution >= 4 is 41.9 Å². The minimum absolute atomic E-state index is 0. The van der Waals surface area contributed by atoms with E-state index in [4.69, 9.17) is 18.0 Å². The molecule has 2 rings (SSSR count). The summed E-state index contributed by atoms with van der Waals surface area (Å²) in [5.41, 5.74) is 16.0. The summed E-state index contributed by atoms with van der Waals surface area (Å²) in [4.78, 5) is 3.37. The second-order valence-electron chi connectivity index (χ2n) is 4.24. The van der Waals surface area contributed by atoms with Crippen LogP contribution in [0.15, 0.2) is 42.5 Å². The van der Waals surface area contributed by atoms with E-state index in [0.717, 1.165) is 24.1 Å². The summed E-state index contributed by atoms with van der Waals surface area (Å²) in [5, 5.41) is 0. The van der Waals surface area contributed by atoms with Gasteiger partial charge >= 0.3 is 0 Å². The molecule has 5 heteroatoms. The van der Waals surface area contributed by atoms with Gasteiger partial charge < -0.3 is 11.5 Å². The highest BCUT2D eigenvalue weighted by molar-refractivity contribution is 5.85. The minimum Gasteiger partial charge on any atom is -0.399 e. The molecule has 4 N–H and O–H groups in total. The van der Waals surface area contributed by atoms with Crippen LogP contribution in [0.2, 0.25) is 0 Å². The molecule has 2 aromatic carbocycles. The molecule has 0 aliphatic heterocycles. The van der Waals surface area contributed by atoms with Gasteiger partial charge in [-0.2, -0.15) is 0 Å². The third kappa shape index (κ3) is 4.65. The van der Waals surface area contributed by atoms with Gasteiger partial charge in [0, 0.05) is 11.4 Å². The standard InChI is InChI=1S/C15H15N3.2ClH/c1-18-14-8-3-11(4-9-14)2-5-12-6-7-13(16)10-15(12)17;;/h3-4,6-10H,2,5,16-17H2;2*1H. The molecule has 20 heavy (non-hydrogen) atoms. The summed E-state index contributed by atoms with van der Waals surface area (Å²) < 4.78 is 0. The number of hydrogen-bond donors (Lipinski definition) is 2. The van der Waals surface area contributed by atoms with Gasteiger partial charge in [-0.1, -0.05) is 35.9 Å². The van der Waals surface area contributed by atoms with E-state index in [2.05, 4.69) is 4.85 Å². The summed E-state index contributed by atoms with van der Waals surface area (Å²) in [7, 11) is 0. The smallest absolute Gasteiger partial charge is 0.187 e. The highest BCUT2D eigenvalue weighted by Crippen LogP contribution is 2.19. The fourth-order valence-electron chi connectivity index (χ4n) is 1.86. The third-order valence-electron chi connectivity index (χ3n) is 2.92. The Hall–Kier alpha value is -1.89. The Morgan fingerprint density at radius 1 is 0.900 bits per heavy atom. The maximum absolute atomic E-state index is 6.90. The normalized spacial score (nSPS) is 8.95. The fourth-order valence-corrected chi connectivity index (χ4v) is 1.86. The molecule has 0 aromatic heterocycles. The molecule has 0 saturated heterocycles. The van der Waals surface area contributed by atoms with E-state index >= 15 is 0 Å². The number of benzene rings is 2. The van der Waals surface area contributed by atoms with Crippen LogP contribution in [0.5, 0.6) is 0 Å². The van der Waals surface area contributed by atoms with Crippen LogP contribution in [0.25, 0.3) is 4.85 Å². The van der Waals surface area contributed by atoms with E-state index in [0.29, 0.717) is 11.4 Å². The minimum atomic E-state index is 0.